The van der Waals surface area contributed by atoms with E-state index in [9.17, 15) is 9.59 Å². The molecule has 1 atom stereocenters. The van der Waals surface area contributed by atoms with Crippen molar-refractivity contribution in [3.63, 3.8) is 0 Å². The fourth-order valence-electron chi connectivity index (χ4n) is 4.09. The van der Waals surface area contributed by atoms with Gasteiger partial charge in [-0.25, -0.2) is 0 Å². The first-order valence-corrected chi connectivity index (χ1v) is 11.9. The summed E-state index contributed by atoms with van der Waals surface area (Å²) in [6.07, 6.45) is 5.24. The van der Waals surface area contributed by atoms with Crippen molar-refractivity contribution in [3.05, 3.63) is 59.7 Å². The molecule has 2 aromatic rings. The van der Waals surface area contributed by atoms with Gasteiger partial charge in [0.25, 0.3) is 0 Å². The van der Waals surface area contributed by atoms with Crippen LogP contribution in [-0.2, 0) is 16.1 Å². The highest BCUT2D eigenvalue weighted by Crippen LogP contribution is 2.20. The predicted molar refractivity (Wildman–Crippen MR) is 129 cm³/mol. The largest absolute Gasteiger partial charge is 0.497 e. The number of rotatable bonds is 11. The molecule has 33 heavy (non-hydrogen) atoms. The highest BCUT2D eigenvalue weighted by Gasteiger charge is 2.28. The molecule has 0 saturated heterocycles. The van der Waals surface area contributed by atoms with E-state index in [0.717, 1.165) is 42.7 Å². The van der Waals surface area contributed by atoms with Gasteiger partial charge >= 0.3 is 0 Å². The topological polar surface area (TPSA) is 67.9 Å². The zero-order chi connectivity index (χ0) is 23.6. The molecule has 178 valence electrons. The first-order valence-electron chi connectivity index (χ1n) is 11.9. The average Bonchev–Trinajstić information content (AvgIpc) is 3.34. The Kier molecular flexibility index (Phi) is 9.16. The number of ether oxygens (including phenoxy) is 2. The Labute approximate surface area is 197 Å². The van der Waals surface area contributed by atoms with Crippen LogP contribution in [-0.4, -0.2) is 42.5 Å². The maximum Gasteiger partial charge on any atom is 0.242 e. The van der Waals surface area contributed by atoms with Crippen LogP contribution in [0.2, 0.25) is 0 Å². The van der Waals surface area contributed by atoms with Gasteiger partial charge in [0.15, 0.2) is 0 Å². The second kappa shape index (κ2) is 12.3. The van der Waals surface area contributed by atoms with Gasteiger partial charge in [0.1, 0.15) is 17.5 Å². The summed E-state index contributed by atoms with van der Waals surface area (Å²) < 4.78 is 10.9. The number of hydrogen-bond donors (Lipinski definition) is 1. The van der Waals surface area contributed by atoms with Crippen molar-refractivity contribution in [1.82, 2.24) is 10.2 Å². The molecule has 6 heteroatoms. The summed E-state index contributed by atoms with van der Waals surface area (Å²) in [6, 6.07) is 15.2. The number of amides is 2. The Bertz CT molecular complexity index is 889. The lowest BCUT2D eigenvalue weighted by atomic mass is 10.1. The van der Waals surface area contributed by atoms with Crippen LogP contribution in [0.3, 0.4) is 0 Å². The molecule has 6 nitrogen and oxygen atoms in total. The number of hydrogen-bond acceptors (Lipinski definition) is 4. The summed E-state index contributed by atoms with van der Waals surface area (Å²) in [7, 11) is 1.62. The number of nitrogens with one attached hydrogen (secondary N) is 1. The van der Waals surface area contributed by atoms with E-state index in [2.05, 4.69) is 5.32 Å². The summed E-state index contributed by atoms with van der Waals surface area (Å²) in [5.74, 6) is 1.40. The molecule has 1 saturated carbocycles. The van der Waals surface area contributed by atoms with Crippen molar-refractivity contribution >= 4 is 11.8 Å². The smallest absolute Gasteiger partial charge is 0.242 e. The highest BCUT2D eigenvalue weighted by atomic mass is 16.5. The number of nitrogens with zero attached hydrogens (tertiary/aromatic N) is 1. The molecule has 2 aromatic carbocycles. The summed E-state index contributed by atoms with van der Waals surface area (Å²) in [5.41, 5.74) is 2.18. The summed E-state index contributed by atoms with van der Waals surface area (Å²) in [6.45, 7) is 4.70. The van der Waals surface area contributed by atoms with Gasteiger partial charge in [-0.05, 0) is 62.9 Å². The minimum atomic E-state index is -0.526. The molecule has 0 spiro atoms. The third-order valence-electron chi connectivity index (χ3n) is 6.21. The van der Waals surface area contributed by atoms with Crippen LogP contribution in [0.25, 0.3) is 0 Å². The molecule has 1 N–H and O–H groups in total. The van der Waals surface area contributed by atoms with Crippen molar-refractivity contribution in [3.8, 4) is 11.5 Å². The van der Waals surface area contributed by atoms with Gasteiger partial charge in [-0.15, -0.1) is 0 Å². The standard InChI is InChI=1S/C27H36N2O4/c1-20-10-12-22(13-11-20)19-29(21(2)27(31)28-23-7-4-5-8-23)26(30)9-6-18-33-25-16-14-24(32-3)15-17-25/h10-17,21,23H,4-9,18-19H2,1-3H3,(H,28,31)/t21-/m0/s1. The predicted octanol–water partition coefficient (Wildman–Crippen LogP) is 4.64. The molecule has 1 aliphatic rings. The lowest BCUT2D eigenvalue weighted by Crippen LogP contribution is -2.49. The van der Waals surface area contributed by atoms with Crippen molar-refractivity contribution in [2.75, 3.05) is 13.7 Å². The molecular formula is C27H36N2O4. The zero-order valence-corrected chi connectivity index (χ0v) is 20.0. The minimum absolute atomic E-state index is 0.0389. The van der Waals surface area contributed by atoms with E-state index in [1.807, 2.05) is 62.4 Å². The van der Waals surface area contributed by atoms with E-state index in [-0.39, 0.29) is 17.9 Å². The van der Waals surface area contributed by atoms with Crippen molar-refractivity contribution in [1.29, 1.82) is 0 Å². The second-order valence-electron chi connectivity index (χ2n) is 8.80. The fraction of sp³-hybridized carbons (Fsp3) is 0.481. The van der Waals surface area contributed by atoms with Gasteiger partial charge in [-0.3, -0.25) is 9.59 Å². The Balaban J connectivity index is 1.57. The summed E-state index contributed by atoms with van der Waals surface area (Å²) in [5, 5.41) is 3.14. The molecular weight excluding hydrogens is 416 g/mol. The lowest BCUT2D eigenvalue weighted by molar-refractivity contribution is -0.141. The van der Waals surface area contributed by atoms with E-state index >= 15 is 0 Å². The van der Waals surface area contributed by atoms with Crippen LogP contribution in [0.1, 0.15) is 56.6 Å². The minimum Gasteiger partial charge on any atom is -0.497 e. The third kappa shape index (κ3) is 7.52. The second-order valence-corrected chi connectivity index (χ2v) is 8.80. The zero-order valence-electron chi connectivity index (χ0n) is 20.0. The quantitative estimate of drug-likeness (QED) is 0.505. The van der Waals surface area contributed by atoms with Crippen LogP contribution < -0.4 is 14.8 Å². The molecule has 0 radical (unpaired) electrons. The third-order valence-corrected chi connectivity index (χ3v) is 6.21. The molecule has 3 rings (SSSR count). The highest BCUT2D eigenvalue weighted by molar-refractivity contribution is 5.87. The van der Waals surface area contributed by atoms with Crippen LogP contribution in [0.5, 0.6) is 11.5 Å². The van der Waals surface area contributed by atoms with Gasteiger partial charge in [0, 0.05) is 19.0 Å². The Hall–Kier alpha value is -3.02. The van der Waals surface area contributed by atoms with Gasteiger partial charge < -0.3 is 19.7 Å². The van der Waals surface area contributed by atoms with E-state index in [0.29, 0.717) is 26.0 Å². The SMILES string of the molecule is COc1ccc(OCCCC(=O)N(Cc2ccc(C)cc2)[C@@H](C)C(=O)NC2CCCC2)cc1. The number of carbonyl (C=O) groups excluding carboxylic acids is 2. The molecule has 0 aromatic heterocycles. The summed E-state index contributed by atoms with van der Waals surface area (Å²) in [4.78, 5) is 27.8. The molecule has 0 aliphatic heterocycles. The lowest BCUT2D eigenvalue weighted by Gasteiger charge is -2.30. The van der Waals surface area contributed by atoms with E-state index in [1.165, 1.54) is 5.56 Å². The molecule has 2 amide bonds. The molecule has 0 heterocycles. The normalized spacial score (nSPS) is 14.5. The summed E-state index contributed by atoms with van der Waals surface area (Å²) >= 11 is 0. The van der Waals surface area contributed by atoms with Crippen molar-refractivity contribution in [2.24, 2.45) is 0 Å². The maximum atomic E-state index is 13.2. The van der Waals surface area contributed by atoms with E-state index in [1.54, 1.807) is 12.0 Å². The van der Waals surface area contributed by atoms with Gasteiger partial charge in [-0.1, -0.05) is 42.7 Å². The molecule has 0 bridgehead atoms. The van der Waals surface area contributed by atoms with Crippen LogP contribution in [0.15, 0.2) is 48.5 Å². The molecule has 0 unspecified atom stereocenters. The Morgan fingerprint density at radius 2 is 1.67 bits per heavy atom. The van der Waals surface area contributed by atoms with Gasteiger partial charge in [0.2, 0.25) is 11.8 Å². The number of aryl methyl sites for hydroxylation is 1. The Morgan fingerprint density at radius 3 is 2.30 bits per heavy atom. The average molecular weight is 453 g/mol. The molecule has 1 aliphatic carbocycles. The first kappa shape index (κ1) is 24.6. The van der Waals surface area contributed by atoms with Crippen LogP contribution >= 0.6 is 0 Å². The van der Waals surface area contributed by atoms with Gasteiger partial charge in [0.05, 0.1) is 13.7 Å². The number of benzene rings is 2. The fourth-order valence-corrected chi connectivity index (χ4v) is 4.09. The Morgan fingerprint density at radius 1 is 1.03 bits per heavy atom. The van der Waals surface area contributed by atoms with Crippen molar-refractivity contribution in [2.45, 2.75) is 71.0 Å². The van der Waals surface area contributed by atoms with Crippen molar-refractivity contribution < 1.29 is 19.1 Å². The van der Waals surface area contributed by atoms with E-state index in [4.69, 9.17) is 9.47 Å². The molecule has 1 fully saturated rings. The first-order chi connectivity index (χ1) is 16.0. The van der Waals surface area contributed by atoms with E-state index < -0.39 is 6.04 Å². The van der Waals surface area contributed by atoms with Crippen LogP contribution in [0.4, 0.5) is 0 Å². The number of carbonyl (C=O) groups is 2. The monoisotopic (exact) mass is 452 g/mol. The maximum absolute atomic E-state index is 13.2. The number of methoxy groups -OCH3 is 1. The van der Waals surface area contributed by atoms with Crippen LogP contribution in [0, 0.1) is 6.92 Å². The van der Waals surface area contributed by atoms with Gasteiger partial charge in [-0.2, -0.15) is 0 Å².